The van der Waals surface area contributed by atoms with Crippen LogP contribution in [0.5, 0.6) is 5.75 Å². The van der Waals surface area contributed by atoms with Crippen molar-refractivity contribution >= 4 is 0 Å². The maximum absolute atomic E-state index is 5.68. The van der Waals surface area contributed by atoms with E-state index in [1.165, 1.54) is 0 Å². The number of nitrogens with one attached hydrogen (secondary N) is 1. The molecule has 72 valence electrons. The Hall–Kier alpha value is -1.53. The molecular formula is C11H12N2O. The van der Waals surface area contributed by atoms with Crippen molar-refractivity contribution in [1.82, 2.24) is 10.3 Å². The van der Waals surface area contributed by atoms with E-state index in [0.29, 0.717) is 5.69 Å². The van der Waals surface area contributed by atoms with E-state index >= 15 is 0 Å². The predicted octanol–water partition coefficient (Wildman–Crippen LogP) is 0.804. The van der Waals surface area contributed by atoms with Crippen LogP contribution in [-0.2, 0) is 0 Å². The lowest BCUT2D eigenvalue weighted by Crippen LogP contribution is -2.19. The molecule has 1 unspecified atom stereocenters. The molecule has 1 aliphatic rings. The van der Waals surface area contributed by atoms with Gasteiger partial charge in [0.1, 0.15) is 17.5 Å². The summed E-state index contributed by atoms with van der Waals surface area (Å²) in [7, 11) is 0. The van der Waals surface area contributed by atoms with Crippen LogP contribution in [-0.4, -0.2) is 24.2 Å². The van der Waals surface area contributed by atoms with Gasteiger partial charge in [0, 0.05) is 6.54 Å². The van der Waals surface area contributed by atoms with E-state index < -0.39 is 0 Å². The topological polar surface area (TPSA) is 34.1 Å². The molecule has 1 N–H and O–H groups in total. The molecule has 0 aliphatic carbocycles. The van der Waals surface area contributed by atoms with Gasteiger partial charge >= 0.3 is 0 Å². The van der Waals surface area contributed by atoms with Gasteiger partial charge in [-0.3, -0.25) is 0 Å². The van der Waals surface area contributed by atoms with Gasteiger partial charge in [-0.05, 0) is 25.1 Å². The second kappa shape index (κ2) is 4.12. The molecule has 1 atom stereocenters. The summed E-state index contributed by atoms with van der Waals surface area (Å²) in [6.07, 6.45) is 8.20. The number of hydrogen-bond donors (Lipinski definition) is 1. The molecule has 3 heteroatoms. The molecule has 1 saturated heterocycles. The highest BCUT2D eigenvalue weighted by atomic mass is 16.5. The van der Waals surface area contributed by atoms with E-state index in [4.69, 9.17) is 11.2 Å². The normalized spacial score (nSPS) is 20.4. The minimum absolute atomic E-state index is 0.272. The fourth-order valence-corrected chi connectivity index (χ4v) is 1.46. The monoisotopic (exact) mass is 188 g/mol. The number of rotatable bonds is 2. The van der Waals surface area contributed by atoms with E-state index in [0.717, 1.165) is 25.3 Å². The molecule has 0 saturated carbocycles. The number of nitrogens with zero attached hydrogens (tertiary/aromatic N) is 1. The molecule has 2 heterocycles. The quantitative estimate of drug-likeness (QED) is 0.697. The maximum Gasteiger partial charge on any atom is 0.138 e. The maximum atomic E-state index is 5.68. The zero-order valence-corrected chi connectivity index (χ0v) is 7.86. The predicted molar refractivity (Wildman–Crippen MR) is 54.1 cm³/mol. The number of terminal acetylenes is 1. The van der Waals surface area contributed by atoms with Crippen LogP contribution in [0.2, 0.25) is 0 Å². The average Bonchev–Trinajstić information content (AvgIpc) is 2.72. The van der Waals surface area contributed by atoms with Crippen LogP contribution in [0.15, 0.2) is 18.3 Å². The highest BCUT2D eigenvalue weighted by Crippen LogP contribution is 2.13. The van der Waals surface area contributed by atoms with Gasteiger partial charge < -0.3 is 10.1 Å². The van der Waals surface area contributed by atoms with E-state index in [1.807, 2.05) is 6.07 Å². The Balaban J connectivity index is 1.99. The summed E-state index contributed by atoms with van der Waals surface area (Å²) in [5, 5.41) is 3.24. The Bertz CT molecular complexity index is 333. The van der Waals surface area contributed by atoms with E-state index in [-0.39, 0.29) is 6.10 Å². The van der Waals surface area contributed by atoms with Crippen LogP contribution in [0.4, 0.5) is 0 Å². The standard InChI is InChI=1S/C11H12N2O/c1-2-9-3-4-10(8-13-9)14-11-5-6-12-7-11/h1,3-4,8,11-12H,5-7H2. The van der Waals surface area contributed by atoms with Gasteiger partial charge in [-0.1, -0.05) is 5.92 Å². The first-order valence-corrected chi connectivity index (χ1v) is 4.68. The third-order valence-electron chi connectivity index (χ3n) is 2.20. The Morgan fingerprint density at radius 1 is 1.57 bits per heavy atom. The minimum atomic E-state index is 0.272. The number of ether oxygens (including phenoxy) is 1. The fraction of sp³-hybridized carbons (Fsp3) is 0.364. The largest absolute Gasteiger partial charge is 0.487 e. The highest BCUT2D eigenvalue weighted by Gasteiger charge is 2.15. The van der Waals surface area contributed by atoms with Gasteiger partial charge in [-0.15, -0.1) is 6.42 Å². The average molecular weight is 188 g/mol. The van der Waals surface area contributed by atoms with Crippen LogP contribution < -0.4 is 10.1 Å². The van der Waals surface area contributed by atoms with Gasteiger partial charge in [0.25, 0.3) is 0 Å². The van der Waals surface area contributed by atoms with Crippen molar-refractivity contribution in [2.24, 2.45) is 0 Å². The van der Waals surface area contributed by atoms with Crippen LogP contribution >= 0.6 is 0 Å². The van der Waals surface area contributed by atoms with Crippen LogP contribution in [0.1, 0.15) is 12.1 Å². The lowest BCUT2D eigenvalue weighted by atomic mass is 10.3. The molecule has 14 heavy (non-hydrogen) atoms. The minimum Gasteiger partial charge on any atom is -0.487 e. The van der Waals surface area contributed by atoms with E-state index in [2.05, 4.69) is 16.2 Å². The van der Waals surface area contributed by atoms with Crippen molar-refractivity contribution in [3.05, 3.63) is 24.0 Å². The van der Waals surface area contributed by atoms with Crippen LogP contribution in [0, 0.1) is 12.3 Å². The first-order valence-electron chi connectivity index (χ1n) is 4.68. The third kappa shape index (κ3) is 2.04. The Labute approximate surface area is 83.5 Å². The first kappa shape index (κ1) is 9.04. The van der Waals surface area contributed by atoms with Gasteiger partial charge in [-0.25, -0.2) is 4.98 Å². The number of aromatic nitrogens is 1. The smallest absolute Gasteiger partial charge is 0.138 e. The summed E-state index contributed by atoms with van der Waals surface area (Å²) in [6, 6.07) is 3.65. The fourth-order valence-electron chi connectivity index (χ4n) is 1.46. The molecule has 0 amide bonds. The Kier molecular flexibility index (Phi) is 2.66. The van der Waals surface area contributed by atoms with Crippen molar-refractivity contribution in [2.45, 2.75) is 12.5 Å². The summed E-state index contributed by atoms with van der Waals surface area (Å²) >= 11 is 0. The molecule has 1 fully saturated rings. The molecule has 1 aromatic heterocycles. The number of pyridine rings is 1. The van der Waals surface area contributed by atoms with E-state index in [1.54, 1.807) is 12.3 Å². The van der Waals surface area contributed by atoms with Crippen LogP contribution in [0.3, 0.4) is 0 Å². The SMILES string of the molecule is C#Cc1ccc(OC2CCNC2)cn1. The zero-order valence-electron chi connectivity index (χ0n) is 7.86. The summed E-state index contributed by atoms with van der Waals surface area (Å²) in [5.41, 5.74) is 0.641. The molecule has 0 radical (unpaired) electrons. The lowest BCUT2D eigenvalue weighted by Gasteiger charge is -2.11. The Morgan fingerprint density at radius 3 is 3.07 bits per heavy atom. The van der Waals surface area contributed by atoms with Gasteiger partial charge in [0.2, 0.25) is 0 Å². The summed E-state index contributed by atoms with van der Waals surface area (Å²) in [4.78, 5) is 4.06. The third-order valence-corrected chi connectivity index (χ3v) is 2.20. The molecule has 0 bridgehead atoms. The molecule has 1 aliphatic heterocycles. The molecule has 3 nitrogen and oxygen atoms in total. The van der Waals surface area contributed by atoms with Crippen molar-refractivity contribution in [1.29, 1.82) is 0 Å². The zero-order chi connectivity index (χ0) is 9.80. The van der Waals surface area contributed by atoms with Crippen molar-refractivity contribution in [3.8, 4) is 18.1 Å². The lowest BCUT2D eigenvalue weighted by molar-refractivity contribution is 0.222. The summed E-state index contributed by atoms with van der Waals surface area (Å²) in [6.45, 7) is 1.94. The van der Waals surface area contributed by atoms with Crippen molar-refractivity contribution in [2.75, 3.05) is 13.1 Å². The molecule has 0 spiro atoms. The Morgan fingerprint density at radius 2 is 2.50 bits per heavy atom. The number of hydrogen-bond acceptors (Lipinski definition) is 3. The second-order valence-electron chi connectivity index (χ2n) is 3.26. The molecule has 1 aromatic rings. The summed E-state index contributed by atoms with van der Waals surface area (Å²) in [5.74, 6) is 3.26. The van der Waals surface area contributed by atoms with Gasteiger partial charge in [0.05, 0.1) is 6.20 Å². The second-order valence-corrected chi connectivity index (χ2v) is 3.26. The summed E-state index contributed by atoms with van der Waals surface area (Å²) < 4.78 is 5.68. The molecular weight excluding hydrogens is 176 g/mol. The molecule has 2 rings (SSSR count). The first-order chi connectivity index (χ1) is 6.88. The van der Waals surface area contributed by atoms with E-state index in [9.17, 15) is 0 Å². The van der Waals surface area contributed by atoms with Crippen molar-refractivity contribution < 1.29 is 4.74 Å². The highest BCUT2D eigenvalue weighted by molar-refractivity contribution is 5.29. The van der Waals surface area contributed by atoms with Gasteiger partial charge in [-0.2, -0.15) is 0 Å². The molecule has 0 aromatic carbocycles. The van der Waals surface area contributed by atoms with Crippen LogP contribution in [0.25, 0.3) is 0 Å². The van der Waals surface area contributed by atoms with Crippen molar-refractivity contribution in [3.63, 3.8) is 0 Å². The van der Waals surface area contributed by atoms with Gasteiger partial charge in [0.15, 0.2) is 0 Å².